The second kappa shape index (κ2) is 7.31. The van der Waals surface area contributed by atoms with E-state index in [0.717, 1.165) is 4.90 Å². The van der Waals surface area contributed by atoms with Crippen LogP contribution >= 0.6 is 50.7 Å². The van der Waals surface area contributed by atoms with Crippen LogP contribution in [0.25, 0.3) is 0 Å². The van der Waals surface area contributed by atoms with Gasteiger partial charge in [0.1, 0.15) is 11.8 Å². The quantitative estimate of drug-likeness (QED) is 0.452. The minimum absolute atomic E-state index is 0.212. The number of rotatable bonds is 1. The second-order valence-electron chi connectivity index (χ2n) is 8.93. The van der Waals surface area contributed by atoms with Crippen LogP contribution in [0.3, 0.4) is 0 Å². The van der Waals surface area contributed by atoms with E-state index in [1.165, 1.54) is 0 Å². The molecule has 2 aromatic carbocycles. The summed E-state index contributed by atoms with van der Waals surface area (Å²) in [5.41, 5.74) is 0.0605. The third-order valence-electron chi connectivity index (χ3n) is 7.33. The number of nitrogens with zero attached hydrogens (tertiary/aromatic N) is 2. The van der Waals surface area contributed by atoms with Crippen molar-refractivity contribution in [2.75, 3.05) is 16.8 Å². The Kier molecular flexibility index (Phi) is 4.89. The van der Waals surface area contributed by atoms with Crippen molar-refractivity contribution in [3.63, 3.8) is 0 Å². The number of hydrogen-bond donors (Lipinski definition) is 3. The van der Waals surface area contributed by atoms with Crippen LogP contribution in [-0.2, 0) is 15.1 Å². The van der Waals surface area contributed by atoms with E-state index in [2.05, 4.69) is 21.2 Å². The maximum Gasteiger partial charge on any atom is 0.240 e. The number of imide groups is 1. The Balaban J connectivity index is 1.58. The minimum atomic E-state index is -1.31. The molecule has 4 heterocycles. The molecule has 0 radical (unpaired) electrons. The molecule has 1 spiro atoms. The summed E-state index contributed by atoms with van der Waals surface area (Å²) in [6, 6.07) is 7.67. The fourth-order valence-electron chi connectivity index (χ4n) is 6.33. The molecule has 172 valence electrons. The molecule has 2 aromatic rings. The number of carbonyl (C=O) groups is 2. The first-order valence-electron chi connectivity index (χ1n) is 10.4. The monoisotopic (exact) mass is 571 g/mol. The first kappa shape index (κ1) is 22.1. The standard InChI is InChI=1S/C22H17BrCl3N3O4/c23-8-1-9(24)3-11(2-8)29-19(31)16-15-6-12(30)7-28(15)22(17(16)20(29)32)13-4-10(25)5-14(26)18(13)27-21(22)33/h1-5,12,15-17,21,27,30,33H,6-7H2/t12-,15?,16?,17?,21?,22?/m0/s1. The van der Waals surface area contributed by atoms with Gasteiger partial charge < -0.3 is 15.5 Å². The number of nitrogens with one attached hydrogen (secondary N) is 1. The zero-order valence-corrected chi connectivity index (χ0v) is 20.7. The molecule has 6 atom stereocenters. The Morgan fingerprint density at radius 3 is 2.48 bits per heavy atom. The molecule has 3 fully saturated rings. The molecule has 11 heteroatoms. The van der Waals surface area contributed by atoms with E-state index in [1.807, 2.05) is 4.90 Å². The normalized spacial score (nSPS) is 34.7. The lowest BCUT2D eigenvalue weighted by Gasteiger charge is -2.41. The summed E-state index contributed by atoms with van der Waals surface area (Å²) in [5.74, 6) is -2.48. The molecule has 4 aliphatic heterocycles. The maximum atomic E-state index is 14.0. The topological polar surface area (TPSA) is 93.1 Å². The summed E-state index contributed by atoms with van der Waals surface area (Å²) in [4.78, 5) is 30.8. The molecule has 5 unspecified atom stereocenters. The molecule has 0 saturated carbocycles. The molecule has 7 nitrogen and oxygen atoms in total. The SMILES string of the molecule is O=C1C2C3C[C@H](O)CN3C3(c4cc(Cl)cc(Cl)c4NC3O)C2C(=O)N1c1cc(Cl)cc(Br)c1. The molecular formula is C22H17BrCl3N3O4. The van der Waals surface area contributed by atoms with Crippen LogP contribution in [0.5, 0.6) is 0 Å². The van der Waals surface area contributed by atoms with Crippen molar-refractivity contribution in [3.05, 3.63) is 55.4 Å². The van der Waals surface area contributed by atoms with Gasteiger partial charge in [0, 0.05) is 32.7 Å². The van der Waals surface area contributed by atoms with Crippen molar-refractivity contribution in [1.29, 1.82) is 0 Å². The number of amides is 2. The molecule has 4 aliphatic rings. The van der Waals surface area contributed by atoms with Gasteiger partial charge in [0.15, 0.2) is 0 Å². The van der Waals surface area contributed by atoms with Gasteiger partial charge in [-0.3, -0.25) is 14.5 Å². The number of aliphatic hydroxyl groups is 2. The first-order chi connectivity index (χ1) is 15.6. The molecule has 3 saturated heterocycles. The number of anilines is 2. The van der Waals surface area contributed by atoms with Gasteiger partial charge >= 0.3 is 0 Å². The lowest BCUT2D eigenvalue weighted by atomic mass is 9.74. The van der Waals surface area contributed by atoms with E-state index in [-0.39, 0.29) is 12.5 Å². The zero-order chi connectivity index (χ0) is 23.4. The Labute approximate surface area is 212 Å². The van der Waals surface area contributed by atoms with Crippen molar-refractivity contribution >= 4 is 73.9 Å². The predicted octanol–water partition coefficient (Wildman–Crippen LogP) is 3.60. The minimum Gasteiger partial charge on any atom is -0.392 e. The molecule has 0 aliphatic carbocycles. The van der Waals surface area contributed by atoms with Gasteiger partial charge in [-0.2, -0.15) is 0 Å². The molecule has 0 bridgehead atoms. The van der Waals surface area contributed by atoms with Crippen molar-refractivity contribution in [2.24, 2.45) is 11.8 Å². The van der Waals surface area contributed by atoms with E-state index in [9.17, 15) is 19.8 Å². The van der Waals surface area contributed by atoms with Crippen LogP contribution < -0.4 is 10.2 Å². The third-order valence-corrected chi connectivity index (χ3v) is 8.52. The number of carbonyl (C=O) groups excluding carboxylic acids is 2. The highest BCUT2D eigenvalue weighted by molar-refractivity contribution is 9.10. The van der Waals surface area contributed by atoms with Gasteiger partial charge in [-0.05, 0) is 36.8 Å². The van der Waals surface area contributed by atoms with Crippen molar-refractivity contribution in [3.8, 4) is 0 Å². The van der Waals surface area contributed by atoms with E-state index in [0.29, 0.717) is 42.9 Å². The fourth-order valence-corrected chi connectivity index (χ4v) is 7.72. The van der Waals surface area contributed by atoms with Crippen LogP contribution in [0.2, 0.25) is 15.1 Å². The van der Waals surface area contributed by atoms with Crippen LogP contribution in [0.1, 0.15) is 12.0 Å². The summed E-state index contributed by atoms with van der Waals surface area (Å²) in [6.45, 7) is 0.212. The van der Waals surface area contributed by atoms with Gasteiger partial charge in [0.2, 0.25) is 11.8 Å². The van der Waals surface area contributed by atoms with Crippen molar-refractivity contribution in [1.82, 2.24) is 4.90 Å². The molecule has 3 N–H and O–H groups in total. The first-order valence-corrected chi connectivity index (χ1v) is 12.3. The Bertz CT molecular complexity index is 1230. The molecule has 2 amide bonds. The predicted molar refractivity (Wildman–Crippen MR) is 128 cm³/mol. The van der Waals surface area contributed by atoms with Crippen LogP contribution in [-0.4, -0.2) is 51.8 Å². The lowest BCUT2D eigenvalue weighted by molar-refractivity contribution is -0.127. The van der Waals surface area contributed by atoms with Crippen LogP contribution in [0.15, 0.2) is 34.8 Å². The van der Waals surface area contributed by atoms with Gasteiger partial charge in [-0.25, -0.2) is 4.90 Å². The summed E-state index contributed by atoms with van der Waals surface area (Å²) >= 11 is 22.3. The highest BCUT2D eigenvalue weighted by Crippen LogP contribution is 2.63. The number of hydrogen-bond acceptors (Lipinski definition) is 6. The Hall–Kier alpha value is -1.39. The average Bonchev–Trinajstić information content (AvgIpc) is 3.37. The molecule has 33 heavy (non-hydrogen) atoms. The van der Waals surface area contributed by atoms with Gasteiger partial charge in [-0.15, -0.1) is 0 Å². The summed E-state index contributed by atoms with van der Waals surface area (Å²) in [6.07, 6.45) is -1.63. The lowest BCUT2D eigenvalue weighted by Crippen LogP contribution is -2.56. The molecule has 6 rings (SSSR count). The van der Waals surface area contributed by atoms with E-state index in [1.54, 1.807) is 30.3 Å². The van der Waals surface area contributed by atoms with E-state index < -0.39 is 41.7 Å². The van der Waals surface area contributed by atoms with Gasteiger partial charge in [0.25, 0.3) is 0 Å². The Morgan fingerprint density at radius 1 is 1.03 bits per heavy atom. The van der Waals surface area contributed by atoms with E-state index >= 15 is 0 Å². The van der Waals surface area contributed by atoms with Crippen LogP contribution in [0, 0.1) is 11.8 Å². The fraction of sp³-hybridized carbons (Fsp3) is 0.364. The van der Waals surface area contributed by atoms with E-state index in [4.69, 9.17) is 34.8 Å². The average molecular weight is 574 g/mol. The third kappa shape index (κ3) is 2.80. The van der Waals surface area contributed by atoms with Crippen molar-refractivity contribution < 1.29 is 19.8 Å². The number of benzene rings is 2. The highest BCUT2D eigenvalue weighted by Gasteiger charge is 2.75. The Morgan fingerprint density at radius 2 is 1.76 bits per heavy atom. The number of halogens is 4. The summed E-state index contributed by atoms with van der Waals surface area (Å²) < 4.78 is 0.627. The maximum absolute atomic E-state index is 14.0. The zero-order valence-electron chi connectivity index (χ0n) is 16.8. The summed E-state index contributed by atoms with van der Waals surface area (Å²) in [7, 11) is 0. The summed E-state index contributed by atoms with van der Waals surface area (Å²) in [5, 5.41) is 26.0. The molecular weight excluding hydrogens is 557 g/mol. The highest BCUT2D eigenvalue weighted by atomic mass is 79.9. The van der Waals surface area contributed by atoms with Crippen molar-refractivity contribution in [2.45, 2.75) is 30.3 Å². The number of fused-ring (bicyclic) bond motifs is 7. The largest absolute Gasteiger partial charge is 0.392 e. The smallest absolute Gasteiger partial charge is 0.240 e. The number of aliphatic hydroxyl groups excluding tert-OH is 2. The van der Waals surface area contributed by atoms with Gasteiger partial charge in [0.05, 0.1) is 34.3 Å². The molecule has 0 aromatic heterocycles. The van der Waals surface area contributed by atoms with Crippen LogP contribution in [0.4, 0.5) is 11.4 Å². The second-order valence-corrected chi connectivity index (χ2v) is 11.1. The van der Waals surface area contributed by atoms with Gasteiger partial charge in [-0.1, -0.05) is 50.7 Å².